The Bertz CT molecular complexity index is 669. The van der Waals surface area contributed by atoms with E-state index in [1.54, 1.807) is 0 Å². The van der Waals surface area contributed by atoms with Crippen LogP contribution < -0.4 is 5.32 Å². The van der Waals surface area contributed by atoms with Gasteiger partial charge >= 0.3 is 0 Å². The Morgan fingerprint density at radius 1 is 1.14 bits per heavy atom. The Hall–Kier alpha value is -2.60. The van der Waals surface area contributed by atoms with Gasteiger partial charge < -0.3 is 5.32 Å². The number of nitriles is 1. The van der Waals surface area contributed by atoms with Gasteiger partial charge in [-0.15, -0.1) is 0 Å². The van der Waals surface area contributed by atoms with Crippen molar-refractivity contribution in [1.82, 2.24) is 5.32 Å². The number of rotatable bonds is 6. The quantitative estimate of drug-likeness (QED) is 0.873. The van der Waals surface area contributed by atoms with Gasteiger partial charge in [-0.1, -0.05) is 55.8 Å². The van der Waals surface area contributed by atoms with Crippen LogP contribution in [0.15, 0.2) is 48.5 Å². The Kier molecular flexibility index (Phi) is 5.73. The lowest BCUT2D eigenvalue weighted by molar-refractivity contribution is -0.121. The largest absolute Gasteiger partial charge is 0.352 e. The van der Waals surface area contributed by atoms with Crippen LogP contribution in [0.5, 0.6) is 0 Å². The Labute approximate surface area is 131 Å². The highest BCUT2D eigenvalue weighted by molar-refractivity contribution is 5.76. The van der Waals surface area contributed by atoms with Gasteiger partial charge in [0.05, 0.1) is 11.6 Å². The van der Waals surface area contributed by atoms with Crippen LogP contribution >= 0.6 is 0 Å². The minimum absolute atomic E-state index is 0.0979. The van der Waals surface area contributed by atoms with Crippen LogP contribution in [0.25, 0.3) is 11.1 Å². The zero-order valence-electron chi connectivity index (χ0n) is 12.8. The summed E-state index contributed by atoms with van der Waals surface area (Å²) in [5.41, 5.74) is 3.67. The first-order valence-corrected chi connectivity index (χ1v) is 7.59. The highest BCUT2D eigenvalue weighted by Gasteiger charge is 2.04. The van der Waals surface area contributed by atoms with Crippen molar-refractivity contribution in [3.8, 4) is 17.2 Å². The number of hydrogen-bond acceptors (Lipinski definition) is 2. The zero-order chi connectivity index (χ0) is 15.8. The number of hydrogen-bond donors (Lipinski definition) is 1. The van der Waals surface area contributed by atoms with Crippen molar-refractivity contribution in [1.29, 1.82) is 5.26 Å². The van der Waals surface area contributed by atoms with E-state index in [1.807, 2.05) is 48.5 Å². The van der Waals surface area contributed by atoms with Crippen LogP contribution in [-0.4, -0.2) is 5.91 Å². The molecule has 112 valence electrons. The molecule has 0 saturated carbocycles. The van der Waals surface area contributed by atoms with Crippen LogP contribution in [-0.2, 0) is 11.3 Å². The Morgan fingerprint density at radius 2 is 1.86 bits per heavy atom. The van der Waals surface area contributed by atoms with E-state index in [0.29, 0.717) is 18.5 Å². The lowest BCUT2D eigenvalue weighted by Gasteiger charge is -2.07. The van der Waals surface area contributed by atoms with Gasteiger partial charge in [-0.25, -0.2) is 0 Å². The second-order valence-electron chi connectivity index (χ2n) is 5.23. The monoisotopic (exact) mass is 292 g/mol. The Morgan fingerprint density at radius 3 is 2.55 bits per heavy atom. The fourth-order valence-electron chi connectivity index (χ4n) is 2.26. The molecule has 3 heteroatoms. The smallest absolute Gasteiger partial charge is 0.220 e. The molecule has 2 aromatic carbocycles. The van der Waals surface area contributed by atoms with Crippen molar-refractivity contribution in [3.63, 3.8) is 0 Å². The average Bonchev–Trinajstić information content (AvgIpc) is 2.58. The first kappa shape index (κ1) is 15.8. The molecule has 22 heavy (non-hydrogen) atoms. The standard InChI is InChI=1S/C19H20N2O/c1-2-3-8-19(22)21-14-15-9-11-16(12-10-15)18-7-5-4-6-17(18)13-20/h4-7,9-12H,2-3,8,14H2,1H3,(H,21,22). The van der Waals surface area contributed by atoms with Gasteiger partial charge in [0.2, 0.25) is 5.91 Å². The van der Waals surface area contributed by atoms with Gasteiger partial charge in [0.25, 0.3) is 0 Å². The summed E-state index contributed by atoms with van der Waals surface area (Å²) in [6.45, 7) is 2.62. The van der Waals surface area contributed by atoms with Crippen molar-refractivity contribution in [2.45, 2.75) is 32.7 Å². The first-order valence-electron chi connectivity index (χ1n) is 7.59. The lowest BCUT2D eigenvalue weighted by atomic mass is 9.99. The third-order valence-electron chi connectivity index (χ3n) is 3.56. The molecule has 2 aromatic rings. The summed E-state index contributed by atoms with van der Waals surface area (Å²) < 4.78 is 0. The van der Waals surface area contributed by atoms with Crippen molar-refractivity contribution >= 4 is 5.91 Å². The lowest BCUT2D eigenvalue weighted by Crippen LogP contribution is -2.22. The fraction of sp³-hybridized carbons (Fsp3) is 0.263. The van der Waals surface area contributed by atoms with Crippen LogP contribution in [0.1, 0.15) is 37.3 Å². The van der Waals surface area contributed by atoms with Gasteiger partial charge in [0, 0.05) is 13.0 Å². The normalized spacial score (nSPS) is 10.0. The van der Waals surface area contributed by atoms with Crippen molar-refractivity contribution < 1.29 is 4.79 Å². The molecule has 0 saturated heterocycles. The van der Waals surface area contributed by atoms with Gasteiger partial charge in [-0.05, 0) is 29.2 Å². The first-order chi connectivity index (χ1) is 10.7. The highest BCUT2D eigenvalue weighted by Crippen LogP contribution is 2.23. The molecule has 0 bridgehead atoms. The topological polar surface area (TPSA) is 52.9 Å². The highest BCUT2D eigenvalue weighted by atomic mass is 16.1. The maximum atomic E-state index is 11.6. The molecule has 1 amide bonds. The molecule has 0 aliphatic carbocycles. The molecule has 2 rings (SSSR count). The summed E-state index contributed by atoms with van der Waals surface area (Å²) >= 11 is 0. The number of nitrogens with zero attached hydrogens (tertiary/aromatic N) is 1. The van der Waals surface area contributed by atoms with Crippen molar-refractivity contribution in [2.24, 2.45) is 0 Å². The third-order valence-corrected chi connectivity index (χ3v) is 3.56. The average molecular weight is 292 g/mol. The minimum atomic E-state index is 0.0979. The summed E-state index contributed by atoms with van der Waals surface area (Å²) in [4.78, 5) is 11.6. The van der Waals surface area contributed by atoms with Crippen LogP contribution in [0.3, 0.4) is 0 Å². The second-order valence-corrected chi connectivity index (χ2v) is 5.23. The van der Waals surface area contributed by atoms with E-state index < -0.39 is 0 Å². The van der Waals surface area contributed by atoms with E-state index in [0.717, 1.165) is 29.5 Å². The van der Waals surface area contributed by atoms with E-state index in [1.165, 1.54) is 0 Å². The van der Waals surface area contributed by atoms with Gasteiger partial charge in [0.15, 0.2) is 0 Å². The van der Waals surface area contributed by atoms with Gasteiger partial charge in [0.1, 0.15) is 0 Å². The molecular weight excluding hydrogens is 272 g/mol. The fourth-order valence-corrected chi connectivity index (χ4v) is 2.26. The number of unbranched alkanes of at least 4 members (excludes halogenated alkanes) is 1. The predicted molar refractivity (Wildman–Crippen MR) is 88.0 cm³/mol. The number of nitrogens with one attached hydrogen (secondary N) is 1. The van der Waals surface area contributed by atoms with E-state index in [-0.39, 0.29) is 5.91 Å². The number of amides is 1. The molecule has 0 aromatic heterocycles. The molecular formula is C19H20N2O. The minimum Gasteiger partial charge on any atom is -0.352 e. The zero-order valence-corrected chi connectivity index (χ0v) is 12.8. The summed E-state index contributed by atoms with van der Waals surface area (Å²) in [6, 6.07) is 17.7. The molecule has 0 fully saturated rings. The molecule has 1 N–H and O–H groups in total. The molecule has 0 atom stereocenters. The van der Waals surface area contributed by atoms with Gasteiger partial charge in [-0.3, -0.25) is 4.79 Å². The number of benzene rings is 2. The molecule has 0 radical (unpaired) electrons. The second kappa shape index (κ2) is 7.99. The number of carbonyl (C=O) groups excluding carboxylic acids is 1. The summed E-state index contributed by atoms with van der Waals surface area (Å²) in [5, 5.41) is 12.1. The third kappa shape index (κ3) is 4.20. The summed E-state index contributed by atoms with van der Waals surface area (Å²) in [6.07, 6.45) is 2.54. The van der Waals surface area contributed by atoms with Crippen molar-refractivity contribution in [2.75, 3.05) is 0 Å². The molecule has 0 heterocycles. The SMILES string of the molecule is CCCCC(=O)NCc1ccc(-c2ccccc2C#N)cc1. The maximum absolute atomic E-state index is 11.6. The summed E-state index contributed by atoms with van der Waals surface area (Å²) in [7, 11) is 0. The van der Waals surface area contributed by atoms with Crippen LogP contribution in [0.4, 0.5) is 0 Å². The van der Waals surface area contributed by atoms with E-state index in [4.69, 9.17) is 5.26 Å². The van der Waals surface area contributed by atoms with Crippen LogP contribution in [0, 0.1) is 11.3 Å². The van der Waals surface area contributed by atoms with Gasteiger partial charge in [-0.2, -0.15) is 5.26 Å². The Balaban J connectivity index is 2.02. The van der Waals surface area contributed by atoms with E-state index >= 15 is 0 Å². The van der Waals surface area contributed by atoms with Crippen LogP contribution in [0.2, 0.25) is 0 Å². The number of carbonyl (C=O) groups is 1. The van der Waals surface area contributed by atoms with Crippen molar-refractivity contribution in [3.05, 3.63) is 59.7 Å². The van der Waals surface area contributed by atoms with E-state index in [9.17, 15) is 4.79 Å². The summed E-state index contributed by atoms with van der Waals surface area (Å²) in [5.74, 6) is 0.0979. The molecule has 3 nitrogen and oxygen atoms in total. The van der Waals surface area contributed by atoms with E-state index in [2.05, 4.69) is 18.3 Å². The molecule has 0 aliphatic rings. The molecule has 0 aliphatic heterocycles. The maximum Gasteiger partial charge on any atom is 0.220 e. The predicted octanol–water partition coefficient (Wildman–Crippen LogP) is 4.03. The molecule has 0 unspecified atom stereocenters. The molecule has 0 spiro atoms.